The number of aromatic nitrogens is 2. The van der Waals surface area contributed by atoms with Crippen LogP contribution < -0.4 is 14.9 Å². The molecule has 0 aliphatic heterocycles. The van der Waals surface area contributed by atoms with Crippen molar-refractivity contribution in [2.75, 3.05) is 37.1 Å². The highest BCUT2D eigenvalue weighted by Crippen LogP contribution is 2.25. The summed E-state index contributed by atoms with van der Waals surface area (Å²) in [6.45, 7) is 3.67. The van der Waals surface area contributed by atoms with Gasteiger partial charge in [0, 0.05) is 24.1 Å². The molecule has 2 amide bonds. The Labute approximate surface area is 221 Å². The topological polar surface area (TPSA) is 94.8 Å². The van der Waals surface area contributed by atoms with Crippen molar-refractivity contribution in [1.29, 1.82) is 0 Å². The van der Waals surface area contributed by atoms with Crippen LogP contribution >= 0.6 is 34.4 Å². The first kappa shape index (κ1) is 26.1. The normalized spacial score (nSPS) is 11.7. The van der Waals surface area contributed by atoms with Crippen molar-refractivity contribution >= 4 is 61.6 Å². The maximum absolute atomic E-state index is 12.6. The summed E-state index contributed by atoms with van der Waals surface area (Å²) in [6, 6.07) is 15.6. The van der Waals surface area contributed by atoms with Crippen LogP contribution in [0.5, 0.6) is 5.75 Å². The number of thiazole rings is 2. The molecule has 4 aromatic rings. The van der Waals surface area contributed by atoms with Crippen LogP contribution in [0, 0.1) is 0 Å². The van der Waals surface area contributed by atoms with E-state index in [1.54, 1.807) is 7.11 Å². The molecule has 2 aromatic carbocycles. The van der Waals surface area contributed by atoms with Gasteiger partial charge < -0.3 is 19.4 Å². The average Bonchev–Trinajstić information content (AvgIpc) is 3.48. The van der Waals surface area contributed by atoms with Crippen molar-refractivity contribution in [2.24, 2.45) is 4.99 Å². The highest BCUT2D eigenvalue weighted by molar-refractivity contribution is 8.00. The molecule has 0 unspecified atom stereocenters. The van der Waals surface area contributed by atoms with E-state index < -0.39 is 0 Å². The molecule has 1 N–H and O–H groups in total. The number of nitrogens with zero attached hydrogens (tertiary/aromatic N) is 3. The molecule has 0 spiro atoms. The molecule has 2 aromatic heterocycles. The molecule has 188 valence electrons. The first-order valence-corrected chi connectivity index (χ1v) is 14.1. The number of rotatable bonds is 11. The molecule has 0 saturated carbocycles. The molecule has 0 aliphatic carbocycles. The number of methoxy groups -OCH3 is 1. The van der Waals surface area contributed by atoms with Crippen molar-refractivity contribution in [3.8, 4) is 17.0 Å². The fraction of sp³-hybridized carbons (Fsp3) is 0.280. The first-order chi connectivity index (χ1) is 17.6. The molecule has 36 heavy (non-hydrogen) atoms. The number of thioether (sulfide) groups is 1. The second kappa shape index (κ2) is 12.8. The first-order valence-electron chi connectivity index (χ1n) is 11.3. The number of fused-ring (bicyclic) bond motifs is 1. The predicted molar refractivity (Wildman–Crippen MR) is 147 cm³/mol. The minimum atomic E-state index is -0.294. The van der Waals surface area contributed by atoms with Gasteiger partial charge in [0.25, 0.3) is 5.91 Å². The number of hydrogen-bond donors (Lipinski definition) is 1. The maximum atomic E-state index is 12.6. The Morgan fingerprint density at radius 1 is 1.17 bits per heavy atom. The zero-order valence-electron chi connectivity index (χ0n) is 19.9. The standard InChI is InChI=1S/C25H26N4O4S3/c1-3-33-12-11-29-20-10-9-18(32-2)13-21(20)36-25(29)28-23(31)16-34-15-22(30)27-24-26-19(14-35-24)17-7-5-4-6-8-17/h4-10,13-14H,3,11-12,15-16H2,1-2H3,(H,26,27,30). The van der Waals surface area contributed by atoms with Gasteiger partial charge in [0.15, 0.2) is 9.93 Å². The van der Waals surface area contributed by atoms with Crippen LogP contribution in [0.15, 0.2) is 58.9 Å². The summed E-state index contributed by atoms with van der Waals surface area (Å²) in [7, 11) is 1.62. The summed E-state index contributed by atoms with van der Waals surface area (Å²) in [5.41, 5.74) is 2.78. The lowest BCUT2D eigenvalue weighted by Crippen LogP contribution is -2.20. The number of amides is 2. The van der Waals surface area contributed by atoms with Gasteiger partial charge in [0.2, 0.25) is 5.91 Å². The molecule has 0 atom stereocenters. The lowest BCUT2D eigenvalue weighted by molar-refractivity contribution is -0.115. The van der Waals surface area contributed by atoms with E-state index in [-0.39, 0.29) is 23.3 Å². The van der Waals surface area contributed by atoms with Gasteiger partial charge in [0.05, 0.1) is 41.1 Å². The SMILES string of the molecule is CCOCCn1c(=NC(=O)CSCC(=O)Nc2nc(-c3ccccc3)cs2)sc2cc(OC)ccc21. The molecule has 8 nitrogen and oxygen atoms in total. The van der Waals surface area contributed by atoms with Gasteiger partial charge in [-0.3, -0.25) is 9.59 Å². The van der Waals surface area contributed by atoms with Crippen LogP contribution in [-0.4, -0.2) is 53.2 Å². The Morgan fingerprint density at radius 3 is 2.78 bits per heavy atom. The lowest BCUT2D eigenvalue weighted by atomic mass is 10.2. The fourth-order valence-corrected chi connectivity index (χ4v) is 5.82. The Morgan fingerprint density at radius 2 is 2.00 bits per heavy atom. The second-order valence-electron chi connectivity index (χ2n) is 7.52. The summed E-state index contributed by atoms with van der Waals surface area (Å²) in [5.74, 6) is 0.481. The molecule has 4 rings (SSSR count). The van der Waals surface area contributed by atoms with Crippen molar-refractivity contribution in [2.45, 2.75) is 13.5 Å². The minimum absolute atomic E-state index is 0.101. The van der Waals surface area contributed by atoms with Crippen molar-refractivity contribution in [3.05, 3.63) is 58.7 Å². The molecule has 0 fully saturated rings. The molecule has 0 radical (unpaired) electrons. The summed E-state index contributed by atoms with van der Waals surface area (Å²) in [4.78, 5) is 34.3. The number of benzene rings is 2. The van der Waals surface area contributed by atoms with Crippen molar-refractivity contribution < 1.29 is 19.1 Å². The molecular weight excluding hydrogens is 517 g/mol. The Bertz CT molecular complexity index is 1400. The van der Waals surface area contributed by atoms with E-state index in [4.69, 9.17) is 9.47 Å². The lowest BCUT2D eigenvalue weighted by Gasteiger charge is -2.06. The van der Waals surface area contributed by atoms with Crippen LogP contribution in [0.2, 0.25) is 0 Å². The smallest absolute Gasteiger partial charge is 0.258 e. The molecule has 0 saturated heterocycles. The van der Waals surface area contributed by atoms with Gasteiger partial charge in [-0.15, -0.1) is 23.1 Å². The Kier molecular flexibility index (Phi) is 9.29. The van der Waals surface area contributed by atoms with E-state index in [0.717, 1.165) is 27.2 Å². The van der Waals surface area contributed by atoms with Crippen LogP contribution in [0.3, 0.4) is 0 Å². The average molecular weight is 543 g/mol. The van der Waals surface area contributed by atoms with Gasteiger partial charge in [0.1, 0.15) is 5.75 Å². The van der Waals surface area contributed by atoms with E-state index in [9.17, 15) is 9.59 Å². The molecule has 0 bridgehead atoms. The Balaban J connectivity index is 1.36. The number of nitrogens with one attached hydrogen (secondary N) is 1. The van der Waals surface area contributed by atoms with E-state index in [2.05, 4.69) is 15.3 Å². The monoisotopic (exact) mass is 542 g/mol. The number of carbonyl (C=O) groups excluding carboxylic acids is 2. The zero-order valence-corrected chi connectivity index (χ0v) is 22.4. The maximum Gasteiger partial charge on any atom is 0.258 e. The highest BCUT2D eigenvalue weighted by atomic mass is 32.2. The molecule has 0 aliphatic rings. The minimum Gasteiger partial charge on any atom is -0.497 e. The zero-order chi connectivity index (χ0) is 25.3. The van der Waals surface area contributed by atoms with Crippen molar-refractivity contribution in [1.82, 2.24) is 9.55 Å². The third-order valence-electron chi connectivity index (χ3n) is 5.05. The largest absolute Gasteiger partial charge is 0.497 e. The van der Waals surface area contributed by atoms with Gasteiger partial charge in [-0.25, -0.2) is 4.98 Å². The van der Waals surface area contributed by atoms with Crippen molar-refractivity contribution in [3.63, 3.8) is 0 Å². The predicted octanol–water partition coefficient (Wildman–Crippen LogP) is 4.67. The summed E-state index contributed by atoms with van der Waals surface area (Å²) < 4.78 is 13.8. The Hall–Kier alpha value is -2.99. The molecular formula is C25H26N4O4S3. The summed E-state index contributed by atoms with van der Waals surface area (Å²) >= 11 is 4.02. The van der Waals surface area contributed by atoms with E-state index in [1.165, 1.54) is 34.4 Å². The third kappa shape index (κ3) is 6.82. The van der Waals surface area contributed by atoms with Gasteiger partial charge >= 0.3 is 0 Å². The second-order valence-corrected chi connectivity index (χ2v) is 10.4. The molecule has 2 heterocycles. The third-order valence-corrected chi connectivity index (χ3v) is 7.77. The number of anilines is 1. The number of carbonyl (C=O) groups is 2. The van der Waals surface area contributed by atoms with Crippen LogP contribution in [0.4, 0.5) is 5.13 Å². The summed E-state index contributed by atoms with van der Waals surface area (Å²) in [5, 5.41) is 5.24. The quantitative estimate of drug-likeness (QED) is 0.277. The highest BCUT2D eigenvalue weighted by Gasteiger charge is 2.12. The molecule has 11 heteroatoms. The van der Waals surface area contributed by atoms with Gasteiger partial charge in [-0.05, 0) is 25.1 Å². The van der Waals surface area contributed by atoms with Crippen LogP contribution in [0.25, 0.3) is 21.5 Å². The van der Waals surface area contributed by atoms with E-state index >= 15 is 0 Å². The van der Waals surface area contributed by atoms with E-state index in [0.29, 0.717) is 29.7 Å². The number of ether oxygens (including phenoxy) is 2. The number of hydrogen-bond acceptors (Lipinski definition) is 8. The van der Waals surface area contributed by atoms with Crippen LogP contribution in [0.1, 0.15) is 6.92 Å². The summed E-state index contributed by atoms with van der Waals surface area (Å²) in [6.07, 6.45) is 0. The van der Waals surface area contributed by atoms with Crippen LogP contribution in [-0.2, 0) is 20.9 Å². The fourth-order valence-electron chi connectivity index (χ4n) is 3.38. The van der Waals surface area contributed by atoms with E-state index in [1.807, 2.05) is 65.4 Å². The van der Waals surface area contributed by atoms with Gasteiger partial charge in [-0.1, -0.05) is 41.7 Å². The van der Waals surface area contributed by atoms with Gasteiger partial charge in [-0.2, -0.15) is 4.99 Å².